The van der Waals surface area contributed by atoms with Crippen molar-refractivity contribution in [2.75, 3.05) is 20.2 Å². The van der Waals surface area contributed by atoms with Crippen LogP contribution in [0.4, 0.5) is 0 Å². The maximum absolute atomic E-state index is 12.7. The monoisotopic (exact) mass is 376 g/mol. The maximum Gasteiger partial charge on any atom is 0.243 e. The summed E-state index contributed by atoms with van der Waals surface area (Å²) in [5, 5.41) is 9.41. The van der Waals surface area contributed by atoms with Crippen LogP contribution in [0.15, 0.2) is 36.5 Å². The molecule has 2 atom stereocenters. The highest BCUT2D eigenvalue weighted by Crippen LogP contribution is 2.53. The van der Waals surface area contributed by atoms with Gasteiger partial charge in [0.05, 0.1) is 18.9 Å². The predicted molar refractivity (Wildman–Crippen MR) is 104 cm³/mol. The van der Waals surface area contributed by atoms with Gasteiger partial charge in [-0.25, -0.2) is 9.97 Å². The number of ether oxygens (including phenoxy) is 1. The number of piperidine rings is 1. The number of benzene rings is 1. The number of likely N-dealkylation sites (tertiary alicyclic amines) is 1. The minimum Gasteiger partial charge on any atom is -0.496 e. The molecule has 1 saturated heterocycles. The highest BCUT2D eigenvalue weighted by molar-refractivity contribution is 5.89. The van der Waals surface area contributed by atoms with Crippen LogP contribution in [0.1, 0.15) is 37.9 Å². The Morgan fingerprint density at radius 2 is 2.00 bits per heavy atom. The largest absolute Gasteiger partial charge is 0.496 e. The Kier molecular flexibility index (Phi) is 4.76. The van der Waals surface area contributed by atoms with E-state index in [0.29, 0.717) is 19.5 Å². The second-order valence-corrected chi connectivity index (χ2v) is 7.76. The lowest BCUT2D eigenvalue weighted by molar-refractivity contribution is -0.136. The summed E-state index contributed by atoms with van der Waals surface area (Å²) in [5.41, 5.74) is 1.02. The molecule has 1 amide bonds. The molecule has 1 saturated carbocycles. The fourth-order valence-corrected chi connectivity index (χ4v) is 4.13. The summed E-state index contributed by atoms with van der Waals surface area (Å²) in [4.78, 5) is 23.9. The van der Waals surface area contributed by atoms with Crippen LogP contribution >= 0.6 is 0 Å². The van der Waals surface area contributed by atoms with Gasteiger partial charge in [-0.2, -0.15) is 5.26 Å². The normalized spacial score (nSPS) is 24.5. The lowest BCUT2D eigenvalue weighted by atomic mass is 9.94. The number of amides is 1. The van der Waals surface area contributed by atoms with E-state index in [-0.39, 0.29) is 17.7 Å². The Morgan fingerprint density at radius 3 is 2.64 bits per heavy atom. The van der Waals surface area contributed by atoms with E-state index in [4.69, 9.17) is 9.72 Å². The molecule has 2 heterocycles. The van der Waals surface area contributed by atoms with E-state index in [9.17, 15) is 10.1 Å². The van der Waals surface area contributed by atoms with Crippen LogP contribution in [0.3, 0.4) is 0 Å². The van der Waals surface area contributed by atoms with Crippen LogP contribution in [0.25, 0.3) is 11.3 Å². The van der Waals surface area contributed by atoms with Gasteiger partial charge in [-0.15, -0.1) is 0 Å². The Bertz CT molecular complexity index is 930. The number of aromatic nitrogens is 2. The summed E-state index contributed by atoms with van der Waals surface area (Å²) in [6, 6.07) is 12.0. The van der Waals surface area contributed by atoms with Crippen LogP contribution < -0.4 is 4.74 Å². The number of nitriles is 1. The van der Waals surface area contributed by atoms with Crippen molar-refractivity contribution in [3.63, 3.8) is 0 Å². The average Bonchev–Trinajstić information content (AvgIpc) is 3.44. The van der Waals surface area contributed by atoms with Crippen LogP contribution in [-0.2, 0) is 4.79 Å². The van der Waals surface area contributed by atoms with E-state index in [2.05, 4.69) is 11.1 Å². The molecule has 1 aromatic heterocycles. The molecule has 1 aromatic carbocycles. The lowest BCUT2D eigenvalue weighted by Crippen LogP contribution is -2.42. The molecule has 2 aromatic rings. The lowest BCUT2D eigenvalue weighted by Gasteiger charge is -2.32. The van der Waals surface area contributed by atoms with Crippen molar-refractivity contribution in [3.8, 4) is 23.1 Å². The number of carbonyl (C=O) groups is 1. The molecule has 144 valence electrons. The molecule has 2 aliphatic rings. The molecular formula is C22H24N4O2. The van der Waals surface area contributed by atoms with E-state index in [1.807, 2.05) is 42.2 Å². The van der Waals surface area contributed by atoms with E-state index in [1.54, 1.807) is 13.3 Å². The third-order valence-electron chi connectivity index (χ3n) is 6.09. The minimum atomic E-state index is -0.771. The fourth-order valence-electron chi connectivity index (χ4n) is 4.13. The van der Waals surface area contributed by atoms with Crippen molar-refractivity contribution >= 4 is 5.91 Å². The molecule has 0 N–H and O–H groups in total. The van der Waals surface area contributed by atoms with Gasteiger partial charge < -0.3 is 9.64 Å². The Labute approximate surface area is 165 Å². The summed E-state index contributed by atoms with van der Waals surface area (Å²) in [6.45, 7) is 3.29. The third-order valence-corrected chi connectivity index (χ3v) is 6.09. The van der Waals surface area contributed by atoms with E-state index in [0.717, 1.165) is 35.7 Å². The highest BCUT2D eigenvalue weighted by atomic mass is 16.5. The molecule has 6 heteroatoms. The van der Waals surface area contributed by atoms with Crippen LogP contribution in [0.2, 0.25) is 0 Å². The van der Waals surface area contributed by atoms with Gasteiger partial charge in [-0.05, 0) is 43.4 Å². The van der Waals surface area contributed by atoms with Crippen molar-refractivity contribution in [2.45, 2.75) is 32.1 Å². The van der Waals surface area contributed by atoms with Crippen molar-refractivity contribution in [2.24, 2.45) is 11.3 Å². The number of hydrogen-bond acceptors (Lipinski definition) is 5. The SMILES string of the molecule is COc1ccccc1-c1ccnc(C2CCN(C(=O)C3(C#N)CC3C)CC2)n1. The molecule has 2 unspecified atom stereocenters. The van der Waals surface area contributed by atoms with Gasteiger partial charge in [0.25, 0.3) is 0 Å². The second kappa shape index (κ2) is 7.23. The smallest absolute Gasteiger partial charge is 0.243 e. The Balaban J connectivity index is 1.47. The Morgan fingerprint density at radius 1 is 1.29 bits per heavy atom. The number of rotatable bonds is 4. The van der Waals surface area contributed by atoms with E-state index >= 15 is 0 Å². The molecule has 6 nitrogen and oxygen atoms in total. The summed E-state index contributed by atoms with van der Waals surface area (Å²) in [7, 11) is 1.66. The predicted octanol–water partition coefficient (Wildman–Crippen LogP) is 3.41. The van der Waals surface area contributed by atoms with Crippen molar-refractivity contribution in [1.29, 1.82) is 5.26 Å². The molecule has 4 rings (SSSR count). The quantitative estimate of drug-likeness (QED) is 0.817. The topological polar surface area (TPSA) is 79.1 Å². The van der Waals surface area contributed by atoms with Gasteiger partial charge in [0, 0.05) is 30.8 Å². The zero-order valence-electron chi connectivity index (χ0n) is 16.3. The third kappa shape index (κ3) is 3.11. The van der Waals surface area contributed by atoms with E-state index < -0.39 is 5.41 Å². The van der Waals surface area contributed by atoms with Crippen molar-refractivity contribution < 1.29 is 9.53 Å². The van der Waals surface area contributed by atoms with Gasteiger partial charge in [0.1, 0.15) is 17.0 Å². The minimum absolute atomic E-state index is 0.00430. The number of methoxy groups -OCH3 is 1. The van der Waals surface area contributed by atoms with E-state index in [1.165, 1.54) is 0 Å². The summed E-state index contributed by atoms with van der Waals surface area (Å²) in [6.07, 6.45) is 4.11. The zero-order valence-corrected chi connectivity index (χ0v) is 16.3. The van der Waals surface area contributed by atoms with Gasteiger partial charge in [-0.3, -0.25) is 4.79 Å². The summed E-state index contributed by atoms with van der Waals surface area (Å²) < 4.78 is 5.45. The number of hydrogen-bond donors (Lipinski definition) is 0. The van der Waals surface area contributed by atoms with Crippen LogP contribution in [-0.4, -0.2) is 41.0 Å². The fraction of sp³-hybridized carbons (Fsp3) is 0.455. The van der Waals surface area contributed by atoms with Gasteiger partial charge >= 0.3 is 0 Å². The van der Waals surface area contributed by atoms with Gasteiger partial charge in [0.15, 0.2) is 0 Å². The number of carbonyl (C=O) groups excluding carboxylic acids is 1. The molecule has 2 fully saturated rings. The molecule has 1 aliphatic carbocycles. The zero-order chi connectivity index (χ0) is 19.7. The van der Waals surface area contributed by atoms with Crippen molar-refractivity contribution in [1.82, 2.24) is 14.9 Å². The Hall–Kier alpha value is -2.94. The summed E-state index contributed by atoms with van der Waals surface area (Å²) >= 11 is 0. The van der Waals surface area contributed by atoms with Crippen LogP contribution in [0, 0.1) is 22.7 Å². The first-order chi connectivity index (χ1) is 13.6. The highest BCUT2D eigenvalue weighted by Gasteiger charge is 2.59. The second-order valence-electron chi connectivity index (χ2n) is 7.76. The molecular weight excluding hydrogens is 352 g/mol. The first-order valence-corrected chi connectivity index (χ1v) is 9.76. The summed E-state index contributed by atoms with van der Waals surface area (Å²) in [5.74, 6) is 1.99. The first kappa shape index (κ1) is 18.4. The van der Waals surface area contributed by atoms with Crippen molar-refractivity contribution in [3.05, 3.63) is 42.4 Å². The first-order valence-electron chi connectivity index (χ1n) is 9.76. The molecule has 0 radical (unpaired) electrons. The molecule has 28 heavy (non-hydrogen) atoms. The molecule has 0 spiro atoms. The van der Waals surface area contributed by atoms with Crippen LogP contribution in [0.5, 0.6) is 5.75 Å². The number of para-hydroxylation sites is 1. The average molecular weight is 376 g/mol. The van der Waals surface area contributed by atoms with Gasteiger partial charge in [0.2, 0.25) is 5.91 Å². The number of nitrogens with zero attached hydrogens (tertiary/aromatic N) is 4. The molecule has 1 aliphatic heterocycles. The maximum atomic E-state index is 12.7. The standard InChI is InChI=1S/C22H24N4O2/c1-15-13-22(15,14-23)21(27)26-11-8-16(9-12-26)20-24-10-7-18(25-20)17-5-3-4-6-19(17)28-2/h3-7,10,15-16H,8-9,11-13H2,1-2H3. The molecule has 0 bridgehead atoms. The van der Waals surface area contributed by atoms with Gasteiger partial charge in [-0.1, -0.05) is 19.1 Å².